The van der Waals surface area contributed by atoms with Crippen LogP contribution in [0.4, 0.5) is 0 Å². The molecule has 2 amide bonds. The first kappa shape index (κ1) is 21.4. The van der Waals surface area contributed by atoms with Crippen LogP contribution in [0.5, 0.6) is 11.5 Å². The van der Waals surface area contributed by atoms with Crippen molar-refractivity contribution in [1.29, 1.82) is 0 Å². The molecule has 3 aromatic rings. The molecule has 1 unspecified atom stereocenters. The number of aryl methyl sites for hydroxylation is 1. The number of carbonyl (C=O) groups is 2. The van der Waals surface area contributed by atoms with E-state index >= 15 is 0 Å². The van der Waals surface area contributed by atoms with E-state index in [9.17, 15) is 9.59 Å². The molecule has 0 aliphatic heterocycles. The molecule has 9 heteroatoms. The lowest BCUT2D eigenvalue weighted by Gasteiger charge is -2.20. The Balaban J connectivity index is 1.90. The van der Waals surface area contributed by atoms with E-state index in [-0.39, 0.29) is 11.8 Å². The quantitative estimate of drug-likeness (QED) is 0.575. The second-order valence-electron chi connectivity index (χ2n) is 6.62. The van der Waals surface area contributed by atoms with Crippen molar-refractivity contribution in [3.05, 3.63) is 63.9 Å². The second kappa shape index (κ2) is 9.45. The number of methoxy groups -OCH3 is 2. The zero-order chi connectivity index (χ0) is 21.7. The third-order valence-corrected chi connectivity index (χ3v) is 5.58. The summed E-state index contributed by atoms with van der Waals surface area (Å²) < 4.78 is 12.6. The molecule has 3 rings (SSSR count). The summed E-state index contributed by atoms with van der Waals surface area (Å²) in [6.45, 7) is 1.85. The molecule has 2 aromatic heterocycles. The highest BCUT2D eigenvalue weighted by Crippen LogP contribution is 2.30. The van der Waals surface area contributed by atoms with Crippen molar-refractivity contribution in [2.75, 3.05) is 14.2 Å². The van der Waals surface area contributed by atoms with E-state index in [1.807, 2.05) is 36.0 Å². The smallest absolute Gasteiger partial charge is 0.262 e. The van der Waals surface area contributed by atoms with Crippen LogP contribution < -0.4 is 20.1 Å². The first-order valence-corrected chi connectivity index (χ1v) is 10.1. The van der Waals surface area contributed by atoms with Crippen molar-refractivity contribution in [2.24, 2.45) is 7.05 Å². The van der Waals surface area contributed by atoms with Crippen molar-refractivity contribution in [3.63, 3.8) is 0 Å². The molecule has 1 aromatic carbocycles. The molecule has 158 valence electrons. The fourth-order valence-electron chi connectivity index (χ4n) is 2.96. The second-order valence-corrected chi connectivity index (χ2v) is 7.79. The predicted molar refractivity (Wildman–Crippen MR) is 114 cm³/mol. The van der Waals surface area contributed by atoms with E-state index < -0.39 is 6.04 Å². The van der Waals surface area contributed by atoms with Gasteiger partial charge in [-0.3, -0.25) is 9.59 Å². The van der Waals surface area contributed by atoms with Crippen molar-refractivity contribution in [1.82, 2.24) is 20.2 Å². The van der Waals surface area contributed by atoms with E-state index in [4.69, 9.17) is 9.47 Å². The minimum absolute atomic E-state index is 0.115. The van der Waals surface area contributed by atoms with Crippen LogP contribution in [0.1, 0.15) is 38.9 Å². The monoisotopic (exact) mass is 428 g/mol. The molecular formula is C21H24N4O4S. The summed E-state index contributed by atoms with van der Waals surface area (Å²) in [6, 6.07) is 8.53. The Morgan fingerprint density at radius 1 is 1.17 bits per heavy atom. The molecule has 30 heavy (non-hydrogen) atoms. The molecule has 0 saturated heterocycles. The molecule has 0 aliphatic rings. The summed E-state index contributed by atoms with van der Waals surface area (Å²) in [7, 11) is 5.03. The van der Waals surface area contributed by atoms with Gasteiger partial charge in [-0.15, -0.1) is 11.3 Å². The topological polar surface area (TPSA) is 94.5 Å². The highest BCUT2D eigenvalue weighted by Gasteiger charge is 2.23. The average molecular weight is 429 g/mol. The fourth-order valence-corrected chi connectivity index (χ4v) is 3.81. The van der Waals surface area contributed by atoms with Crippen LogP contribution in [-0.2, 0) is 18.4 Å². The number of nitrogens with one attached hydrogen (secondary N) is 2. The van der Waals surface area contributed by atoms with Gasteiger partial charge in [-0.25, -0.2) is 4.98 Å². The first-order chi connectivity index (χ1) is 14.4. The molecule has 0 fully saturated rings. The molecule has 1 atom stereocenters. The predicted octanol–water partition coefficient (Wildman–Crippen LogP) is 2.65. The zero-order valence-electron chi connectivity index (χ0n) is 17.3. The third-order valence-electron chi connectivity index (χ3n) is 4.50. The largest absolute Gasteiger partial charge is 0.497 e. The van der Waals surface area contributed by atoms with E-state index in [1.54, 1.807) is 32.5 Å². The highest BCUT2D eigenvalue weighted by atomic mass is 32.1. The van der Waals surface area contributed by atoms with Crippen molar-refractivity contribution < 1.29 is 19.1 Å². The van der Waals surface area contributed by atoms with E-state index in [0.717, 1.165) is 10.4 Å². The van der Waals surface area contributed by atoms with E-state index in [1.165, 1.54) is 18.3 Å². The Labute approximate surface area is 178 Å². The van der Waals surface area contributed by atoms with E-state index in [2.05, 4.69) is 15.6 Å². The molecule has 0 aliphatic carbocycles. The maximum absolute atomic E-state index is 13.0. The van der Waals surface area contributed by atoms with Gasteiger partial charge in [0.25, 0.3) is 5.91 Å². The summed E-state index contributed by atoms with van der Waals surface area (Å²) in [4.78, 5) is 30.0. The standard InChI is InChI=1S/C21H24N4O4S/c1-13(26)23-12-17-5-6-18(30-17)21(27)24-19(20-22-7-8-25(20)2)14-9-15(28-3)11-16(10-14)29-4/h5-11,19H,12H2,1-4H3,(H,23,26)(H,24,27). The molecule has 2 N–H and O–H groups in total. The fraction of sp³-hybridized carbons (Fsp3) is 0.286. The number of carbonyl (C=O) groups excluding carboxylic acids is 2. The van der Waals surface area contributed by atoms with Gasteiger partial charge in [0.05, 0.1) is 25.6 Å². The Bertz CT molecular complexity index is 1020. The number of hydrogen-bond donors (Lipinski definition) is 2. The molecule has 0 saturated carbocycles. The SMILES string of the molecule is COc1cc(OC)cc(C(NC(=O)c2ccc(CNC(C)=O)s2)c2nccn2C)c1. The van der Waals surface area contributed by atoms with Crippen LogP contribution in [0, 0.1) is 0 Å². The molecule has 0 radical (unpaired) electrons. The third kappa shape index (κ3) is 4.98. The molecular weight excluding hydrogens is 404 g/mol. The number of rotatable bonds is 8. The lowest BCUT2D eigenvalue weighted by Crippen LogP contribution is -2.30. The van der Waals surface area contributed by atoms with Crippen molar-refractivity contribution >= 4 is 23.2 Å². The first-order valence-electron chi connectivity index (χ1n) is 9.25. The van der Waals surface area contributed by atoms with Gasteiger partial charge in [0.1, 0.15) is 23.4 Å². The maximum Gasteiger partial charge on any atom is 0.262 e. The summed E-state index contributed by atoms with van der Waals surface area (Å²) in [5.74, 6) is 1.56. The van der Waals surface area contributed by atoms with Crippen LogP contribution in [0.25, 0.3) is 0 Å². The van der Waals surface area contributed by atoms with E-state index in [0.29, 0.717) is 28.7 Å². The number of nitrogens with zero attached hydrogens (tertiary/aromatic N) is 2. The molecule has 2 heterocycles. The minimum Gasteiger partial charge on any atom is -0.497 e. The Hall–Kier alpha value is -3.33. The Morgan fingerprint density at radius 3 is 2.43 bits per heavy atom. The maximum atomic E-state index is 13.0. The van der Waals surface area contributed by atoms with Gasteiger partial charge in [-0.1, -0.05) is 0 Å². The number of imidazole rings is 1. The van der Waals surface area contributed by atoms with Gasteiger partial charge in [0.2, 0.25) is 5.91 Å². The van der Waals surface area contributed by atoms with Gasteiger partial charge in [0.15, 0.2) is 0 Å². The molecule has 8 nitrogen and oxygen atoms in total. The van der Waals surface area contributed by atoms with Gasteiger partial charge in [0, 0.05) is 37.3 Å². The van der Waals surface area contributed by atoms with Crippen LogP contribution in [0.2, 0.25) is 0 Å². The van der Waals surface area contributed by atoms with Crippen LogP contribution in [0.15, 0.2) is 42.7 Å². The lowest BCUT2D eigenvalue weighted by molar-refractivity contribution is -0.119. The number of hydrogen-bond acceptors (Lipinski definition) is 6. The average Bonchev–Trinajstić information content (AvgIpc) is 3.39. The van der Waals surface area contributed by atoms with Crippen molar-refractivity contribution in [2.45, 2.75) is 19.5 Å². The van der Waals surface area contributed by atoms with Gasteiger partial charge < -0.3 is 24.7 Å². The highest BCUT2D eigenvalue weighted by molar-refractivity contribution is 7.14. The number of amides is 2. The van der Waals surface area contributed by atoms with Crippen LogP contribution in [-0.4, -0.2) is 35.6 Å². The summed E-state index contributed by atoms with van der Waals surface area (Å²) in [5.41, 5.74) is 0.781. The van der Waals surface area contributed by atoms with Crippen LogP contribution >= 0.6 is 11.3 Å². The van der Waals surface area contributed by atoms with Crippen molar-refractivity contribution in [3.8, 4) is 11.5 Å². The van der Waals surface area contributed by atoms with Gasteiger partial charge >= 0.3 is 0 Å². The summed E-state index contributed by atoms with van der Waals surface area (Å²) >= 11 is 1.33. The summed E-state index contributed by atoms with van der Waals surface area (Å²) in [5, 5.41) is 5.80. The lowest BCUT2D eigenvalue weighted by atomic mass is 10.0. The minimum atomic E-state index is -0.512. The Morgan fingerprint density at radius 2 is 1.87 bits per heavy atom. The number of thiophene rings is 1. The van der Waals surface area contributed by atoms with Gasteiger partial charge in [-0.05, 0) is 29.8 Å². The molecule has 0 bridgehead atoms. The number of ether oxygens (including phenoxy) is 2. The van der Waals surface area contributed by atoms with Crippen LogP contribution in [0.3, 0.4) is 0 Å². The normalized spacial score (nSPS) is 11.6. The molecule has 0 spiro atoms. The Kier molecular flexibility index (Phi) is 6.73. The summed E-state index contributed by atoms with van der Waals surface area (Å²) in [6.07, 6.45) is 3.51. The van der Waals surface area contributed by atoms with Gasteiger partial charge in [-0.2, -0.15) is 0 Å². The number of benzene rings is 1. The zero-order valence-corrected chi connectivity index (χ0v) is 18.1. The number of aromatic nitrogens is 2.